The molecule has 0 saturated heterocycles. The Balaban J connectivity index is 2.61. The van der Waals surface area contributed by atoms with Gasteiger partial charge in [0.25, 0.3) is 0 Å². The van der Waals surface area contributed by atoms with E-state index in [-0.39, 0.29) is 5.95 Å². The molecule has 1 unspecified atom stereocenters. The topological polar surface area (TPSA) is 73.9 Å². The van der Waals surface area contributed by atoms with E-state index < -0.39 is 0 Å². The second kappa shape index (κ2) is 7.32. The summed E-state index contributed by atoms with van der Waals surface area (Å²) in [4.78, 5) is 12.2. The van der Waals surface area contributed by atoms with Gasteiger partial charge in [-0.25, -0.2) is 0 Å². The van der Waals surface area contributed by atoms with Gasteiger partial charge < -0.3 is 10.5 Å². The SMILES string of the molecule is CCCOc1nc(N)nc(SCC(C)CC)n1. The van der Waals surface area contributed by atoms with Crippen LogP contribution >= 0.6 is 11.8 Å². The quantitative estimate of drug-likeness (QED) is 0.755. The Morgan fingerprint density at radius 1 is 1.29 bits per heavy atom. The fourth-order valence-corrected chi connectivity index (χ4v) is 1.98. The van der Waals surface area contributed by atoms with Crippen molar-refractivity contribution >= 4 is 17.7 Å². The van der Waals surface area contributed by atoms with Gasteiger partial charge in [-0.2, -0.15) is 15.0 Å². The molecule has 0 amide bonds. The summed E-state index contributed by atoms with van der Waals surface area (Å²) in [5, 5.41) is 0.643. The van der Waals surface area contributed by atoms with Crippen LogP contribution in [0.15, 0.2) is 5.16 Å². The van der Waals surface area contributed by atoms with E-state index in [1.807, 2.05) is 6.92 Å². The third kappa shape index (κ3) is 5.21. The van der Waals surface area contributed by atoms with Crippen molar-refractivity contribution in [2.24, 2.45) is 5.92 Å². The highest BCUT2D eigenvalue weighted by molar-refractivity contribution is 7.99. The van der Waals surface area contributed by atoms with Crippen LogP contribution in [0.1, 0.15) is 33.6 Å². The molecule has 1 aromatic heterocycles. The number of thioether (sulfide) groups is 1. The predicted octanol–water partition coefficient (Wildman–Crippen LogP) is 2.38. The van der Waals surface area contributed by atoms with Crippen molar-refractivity contribution in [2.75, 3.05) is 18.1 Å². The highest BCUT2D eigenvalue weighted by Crippen LogP contribution is 2.20. The number of anilines is 1. The standard InChI is InChI=1S/C11H20N4OS/c1-4-6-16-10-13-9(12)14-11(15-10)17-7-8(3)5-2/h8H,4-7H2,1-3H3,(H2,12,13,14,15). The molecule has 0 saturated carbocycles. The van der Waals surface area contributed by atoms with Gasteiger partial charge in [-0.15, -0.1) is 0 Å². The van der Waals surface area contributed by atoms with Gasteiger partial charge in [-0.1, -0.05) is 39.0 Å². The molecule has 1 atom stereocenters. The van der Waals surface area contributed by atoms with Crippen LogP contribution < -0.4 is 10.5 Å². The molecule has 1 rings (SSSR count). The van der Waals surface area contributed by atoms with Crippen molar-refractivity contribution in [1.29, 1.82) is 0 Å². The maximum Gasteiger partial charge on any atom is 0.322 e. The van der Waals surface area contributed by atoms with Crippen molar-refractivity contribution in [1.82, 2.24) is 15.0 Å². The summed E-state index contributed by atoms with van der Waals surface area (Å²) < 4.78 is 5.35. The Bertz CT molecular complexity index is 348. The second-order valence-corrected chi connectivity index (χ2v) is 4.92. The minimum atomic E-state index is 0.220. The average Bonchev–Trinajstić information content (AvgIpc) is 2.32. The zero-order valence-corrected chi connectivity index (χ0v) is 11.5. The summed E-state index contributed by atoms with van der Waals surface area (Å²) in [6.07, 6.45) is 2.06. The monoisotopic (exact) mass is 256 g/mol. The number of nitrogens with two attached hydrogens (primary N) is 1. The Morgan fingerprint density at radius 3 is 2.71 bits per heavy atom. The van der Waals surface area contributed by atoms with E-state index in [0.29, 0.717) is 23.7 Å². The molecule has 0 bridgehead atoms. The van der Waals surface area contributed by atoms with E-state index in [0.717, 1.165) is 18.6 Å². The van der Waals surface area contributed by atoms with Crippen LogP contribution in [0.5, 0.6) is 6.01 Å². The van der Waals surface area contributed by atoms with E-state index in [4.69, 9.17) is 10.5 Å². The summed E-state index contributed by atoms with van der Waals surface area (Å²) in [6.45, 7) is 7.00. The first-order valence-corrected chi connectivity index (χ1v) is 6.91. The third-order valence-electron chi connectivity index (χ3n) is 2.24. The van der Waals surface area contributed by atoms with Crippen LogP contribution in [0.4, 0.5) is 5.95 Å². The van der Waals surface area contributed by atoms with E-state index in [1.165, 1.54) is 0 Å². The number of rotatable bonds is 7. The van der Waals surface area contributed by atoms with Crippen molar-refractivity contribution < 1.29 is 4.74 Å². The smallest absolute Gasteiger partial charge is 0.322 e. The maximum absolute atomic E-state index is 5.61. The summed E-state index contributed by atoms with van der Waals surface area (Å²) in [5.41, 5.74) is 5.61. The van der Waals surface area contributed by atoms with Gasteiger partial charge in [0, 0.05) is 5.75 Å². The summed E-state index contributed by atoms with van der Waals surface area (Å²) in [7, 11) is 0. The van der Waals surface area contributed by atoms with Crippen molar-refractivity contribution in [3.8, 4) is 6.01 Å². The molecule has 6 heteroatoms. The molecule has 0 aliphatic rings. The summed E-state index contributed by atoms with van der Waals surface area (Å²) in [6, 6.07) is 0.325. The molecule has 0 radical (unpaired) electrons. The molecule has 0 aliphatic carbocycles. The first-order valence-electron chi connectivity index (χ1n) is 5.92. The van der Waals surface area contributed by atoms with E-state index in [2.05, 4.69) is 28.8 Å². The van der Waals surface area contributed by atoms with Gasteiger partial charge in [-0.05, 0) is 12.3 Å². The lowest BCUT2D eigenvalue weighted by molar-refractivity contribution is 0.288. The maximum atomic E-state index is 5.61. The van der Waals surface area contributed by atoms with Crippen LogP contribution in [0.3, 0.4) is 0 Å². The van der Waals surface area contributed by atoms with E-state index >= 15 is 0 Å². The number of hydrogen-bond acceptors (Lipinski definition) is 6. The molecule has 1 aromatic rings. The molecule has 1 heterocycles. The van der Waals surface area contributed by atoms with Crippen molar-refractivity contribution in [3.05, 3.63) is 0 Å². The number of ether oxygens (including phenoxy) is 1. The molecular weight excluding hydrogens is 236 g/mol. The number of nitrogens with zero attached hydrogens (tertiary/aromatic N) is 3. The van der Waals surface area contributed by atoms with Gasteiger partial charge in [-0.3, -0.25) is 0 Å². The number of nitrogen functional groups attached to an aromatic ring is 1. The zero-order chi connectivity index (χ0) is 12.7. The normalized spacial score (nSPS) is 12.4. The molecule has 96 valence electrons. The largest absolute Gasteiger partial charge is 0.463 e. The highest BCUT2D eigenvalue weighted by Gasteiger charge is 2.07. The van der Waals surface area contributed by atoms with Crippen molar-refractivity contribution in [3.63, 3.8) is 0 Å². The number of aromatic nitrogens is 3. The van der Waals surface area contributed by atoms with E-state index in [1.54, 1.807) is 11.8 Å². The first kappa shape index (κ1) is 14.0. The Labute approximate surface area is 107 Å². The molecule has 2 N–H and O–H groups in total. The molecule has 5 nitrogen and oxygen atoms in total. The Hall–Kier alpha value is -1.04. The van der Waals surface area contributed by atoms with Crippen LogP contribution in [0.2, 0.25) is 0 Å². The lowest BCUT2D eigenvalue weighted by Crippen LogP contribution is -2.06. The summed E-state index contributed by atoms with van der Waals surface area (Å²) in [5.74, 6) is 1.84. The number of hydrogen-bond donors (Lipinski definition) is 1. The predicted molar refractivity (Wildman–Crippen MR) is 70.2 cm³/mol. The molecular formula is C11H20N4OS. The molecule has 17 heavy (non-hydrogen) atoms. The first-order chi connectivity index (χ1) is 8.15. The van der Waals surface area contributed by atoms with Gasteiger partial charge in [0.05, 0.1) is 6.61 Å². The minimum absolute atomic E-state index is 0.220. The fraction of sp³-hybridized carbons (Fsp3) is 0.727. The van der Waals surface area contributed by atoms with Gasteiger partial charge in [0.15, 0.2) is 5.16 Å². The van der Waals surface area contributed by atoms with Crippen LogP contribution in [-0.4, -0.2) is 27.3 Å². The van der Waals surface area contributed by atoms with Crippen LogP contribution in [0.25, 0.3) is 0 Å². The molecule has 0 aliphatic heterocycles. The van der Waals surface area contributed by atoms with Crippen LogP contribution in [0, 0.1) is 5.92 Å². The van der Waals surface area contributed by atoms with E-state index in [9.17, 15) is 0 Å². The highest BCUT2D eigenvalue weighted by atomic mass is 32.2. The Kier molecular flexibility index (Phi) is 6.04. The third-order valence-corrected chi connectivity index (χ3v) is 3.42. The Morgan fingerprint density at radius 2 is 2.06 bits per heavy atom. The lowest BCUT2D eigenvalue weighted by Gasteiger charge is -2.08. The van der Waals surface area contributed by atoms with Gasteiger partial charge >= 0.3 is 6.01 Å². The van der Waals surface area contributed by atoms with Gasteiger partial charge in [0.2, 0.25) is 5.95 Å². The lowest BCUT2D eigenvalue weighted by atomic mass is 10.2. The van der Waals surface area contributed by atoms with Gasteiger partial charge in [0.1, 0.15) is 0 Å². The zero-order valence-electron chi connectivity index (χ0n) is 10.6. The van der Waals surface area contributed by atoms with Crippen LogP contribution in [-0.2, 0) is 0 Å². The fourth-order valence-electron chi connectivity index (χ4n) is 1.01. The molecule has 0 spiro atoms. The average molecular weight is 256 g/mol. The second-order valence-electron chi connectivity index (χ2n) is 3.93. The minimum Gasteiger partial charge on any atom is -0.463 e. The molecule has 0 fully saturated rings. The van der Waals surface area contributed by atoms with Crippen molar-refractivity contribution in [2.45, 2.75) is 38.8 Å². The summed E-state index contributed by atoms with van der Waals surface area (Å²) >= 11 is 1.59. The molecule has 0 aromatic carbocycles.